The number of ether oxygens (including phenoxy) is 1. The van der Waals surface area contributed by atoms with E-state index in [1.54, 1.807) is 19.4 Å². The molecule has 2 N–H and O–H groups in total. The largest absolute Gasteiger partial charge is 0.378 e. The van der Waals surface area contributed by atoms with Crippen molar-refractivity contribution in [2.75, 3.05) is 87.0 Å². The van der Waals surface area contributed by atoms with Crippen molar-refractivity contribution in [3.05, 3.63) is 36.8 Å². The van der Waals surface area contributed by atoms with Crippen LogP contribution >= 0.6 is 0 Å². The fraction of sp³-hybridized carbons (Fsp3) is 0.435. The number of piperazine rings is 1. The second-order valence-electron chi connectivity index (χ2n) is 8.40. The molecule has 2 aliphatic heterocycles. The molecule has 2 saturated heterocycles. The lowest BCUT2D eigenvalue weighted by molar-refractivity contribution is 0.122. The minimum Gasteiger partial charge on any atom is -0.378 e. The number of rotatable bonds is 6. The van der Waals surface area contributed by atoms with E-state index in [9.17, 15) is 0 Å². The van der Waals surface area contributed by atoms with E-state index in [2.05, 4.69) is 47.3 Å². The van der Waals surface area contributed by atoms with Gasteiger partial charge in [0.1, 0.15) is 11.6 Å². The lowest BCUT2D eigenvalue weighted by Gasteiger charge is -2.33. The molecule has 0 radical (unpaired) electrons. The molecule has 0 bridgehead atoms. The van der Waals surface area contributed by atoms with Gasteiger partial charge in [0.15, 0.2) is 0 Å². The normalized spacial score (nSPS) is 17.0. The number of aromatic nitrogens is 5. The monoisotopic (exact) mass is 462 g/mol. The molecule has 5 heterocycles. The molecular formula is C23H30N10O. The van der Waals surface area contributed by atoms with Gasteiger partial charge in [-0.1, -0.05) is 0 Å². The molecule has 0 aliphatic carbocycles. The third-order valence-electron chi connectivity index (χ3n) is 6.05. The van der Waals surface area contributed by atoms with Gasteiger partial charge in [-0.2, -0.15) is 4.98 Å². The minimum absolute atomic E-state index is 0.505. The molecule has 11 nitrogen and oxygen atoms in total. The van der Waals surface area contributed by atoms with E-state index in [4.69, 9.17) is 14.7 Å². The number of likely N-dealkylation sites (N-methyl/N-ethyl adjacent to an activating group) is 1. The van der Waals surface area contributed by atoms with Gasteiger partial charge in [0.2, 0.25) is 11.9 Å². The Labute approximate surface area is 199 Å². The quantitative estimate of drug-likeness (QED) is 0.559. The molecule has 0 spiro atoms. The van der Waals surface area contributed by atoms with Gasteiger partial charge < -0.3 is 30.1 Å². The van der Waals surface area contributed by atoms with Crippen LogP contribution in [0.4, 0.5) is 29.2 Å². The molecular weight excluding hydrogens is 432 g/mol. The first kappa shape index (κ1) is 22.2. The topological polar surface area (TPSA) is 107 Å². The first-order chi connectivity index (χ1) is 16.7. The Balaban J connectivity index is 1.39. The van der Waals surface area contributed by atoms with E-state index in [0.717, 1.165) is 67.8 Å². The Morgan fingerprint density at radius 1 is 0.794 bits per heavy atom. The molecule has 2 aliphatic rings. The van der Waals surface area contributed by atoms with E-state index < -0.39 is 0 Å². The number of nitrogens with one attached hydrogen (secondary N) is 2. The maximum atomic E-state index is 5.51. The number of hydrogen-bond acceptors (Lipinski definition) is 11. The third-order valence-corrected chi connectivity index (χ3v) is 6.05. The van der Waals surface area contributed by atoms with Crippen LogP contribution < -0.4 is 20.4 Å². The van der Waals surface area contributed by atoms with Crippen molar-refractivity contribution < 1.29 is 4.74 Å². The van der Waals surface area contributed by atoms with Crippen LogP contribution in [0.25, 0.3) is 11.3 Å². The van der Waals surface area contributed by atoms with Crippen molar-refractivity contribution in [1.29, 1.82) is 0 Å². The van der Waals surface area contributed by atoms with E-state index in [0.29, 0.717) is 25.1 Å². The van der Waals surface area contributed by atoms with Gasteiger partial charge in [-0.05, 0) is 19.2 Å². The van der Waals surface area contributed by atoms with E-state index in [1.165, 1.54) is 0 Å². The van der Waals surface area contributed by atoms with Gasteiger partial charge in [0, 0.05) is 70.3 Å². The summed E-state index contributed by atoms with van der Waals surface area (Å²) in [6.45, 7) is 6.99. The van der Waals surface area contributed by atoms with Crippen molar-refractivity contribution in [2.45, 2.75) is 0 Å². The maximum absolute atomic E-state index is 5.51. The zero-order valence-electron chi connectivity index (χ0n) is 19.6. The highest BCUT2D eigenvalue weighted by atomic mass is 16.5. The molecule has 178 valence electrons. The SMILES string of the molecule is CNc1ncc(-c2cc(N3CCOCC3)nc(Nc3ccc(N4CCN(C)CC4)nc3)n2)cn1. The summed E-state index contributed by atoms with van der Waals surface area (Å²) in [5.41, 5.74) is 2.41. The van der Waals surface area contributed by atoms with Crippen molar-refractivity contribution >= 4 is 29.2 Å². The molecule has 5 rings (SSSR count). The molecule has 0 atom stereocenters. The average Bonchev–Trinajstić information content (AvgIpc) is 2.90. The molecule has 0 saturated carbocycles. The highest BCUT2D eigenvalue weighted by molar-refractivity contribution is 5.66. The predicted molar refractivity (Wildman–Crippen MR) is 133 cm³/mol. The molecule has 0 unspecified atom stereocenters. The van der Waals surface area contributed by atoms with Crippen molar-refractivity contribution in [1.82, 2.24) is 29.8 Å². The molecule has 0 aromatic carbocycles. The zero-order valence-corrected chi connectivity index (χ0v) is 19.6. The highest BCUT2D eigenvalue weighted by Gasteiger charge is 2.17. The van der Waals surface area contributed by atoms with Gasteiger partial charge in [-0.25, -0.2) is 19.9 Å². The first-order valence-corrected chi connectivity index (χ1v) is 11.6. The van der Waals surface area contributed by atoms with Crippen molar-refractivity contribution in [3.63, 3.8) is 0 Å². The molecule has 34 heavy (non-hydrogen) atoms. The summed E-state index contributed by atoms with van der Waals surface area (Å²) in [5.74, 6) is 2.90. The zero-order chi connectivity index (χ0) is 23.3. The van der Waals surface area contributed by atoms with Crippen LogP contribution in [0.5, 0.6) is 0 Å². The van der Waals surface area contributed by atoms with Crippen LogP contribution in [0.1, 0.15) is 0 Å². The predicted octanol–water partition coefficient (Wildman–Crippen LogP) is 1.70. The molecule has 3 aromatic rings. The summed E-state index contributed by atoms with van der Waals surface area (Å²) >= 11 is 0. The van der Waals surface area contributed by atoms with Gasteiger partial charge in [-0.15, -0.1) is 0 Å². The second kappa shape index (κ2) is 10.1. The van der Waals surface area contributed by atoms with Crippen LogP contribution in [0.2, 0.25) is 0 Å². The summed E-state index contributed by atoms with van der Waals surface area (Å²) in [6.07, 6.45) is 5.36. The van der Waals surface area contributed by atoms with Crippen molar-refractivity contribution in [2.24, 2.45) is 0 Å². The highest BCUT2D eigenvalue weighted by Crippen LogP contribution is 2.26. The van der Waals surface area contributed by atoms with Crippen LogP contribution in [0.3, 0.4) is 0 Å². The van der Waals surface area contributed by atoms with Crippen LogP contribution in [-0.4, -0.2) is 96.4 Å². The number of anilines is 5. The summed E-state index contributed by atoms with van der Waals surface area (Å²) < 4.78 is 5.51. The third kappa shape index (κ3) is 5.15. The van der Waals surface area contributed by atoms with Gasteiger partial charge in [0.25, 0.3) is 0 Å². The summed E-state index contributed by atoms with van der Waals surface area (Å²) in [4.78, 5) is 29.7. The number of pyridine rings is 1. The first-order valence-electron chi connectivity index (χ1n) is 11.6. The summed E-state index contributed by atoms with van der Waals surface area (Å²) in [7, 11) is 3.94. The van der Waals surface area contributed by atoms with Gasteiger partial charge in [-0.3, -0.25) is 0 Å². The summed E-state index contributed by atoms with van der Waals surface area (Å²) in [5, 5.41) is 6.27. The Morgan fingerprint density at radius 2 is 1.53 bits per heavy atom. The number of nitrogens with zero attached hydrogens (tertiary/aromatic N) is 8. The van der Waals surface area contributed by atoms with Crippen LogP contribution in [0.15, 0.2) is 36.8 Å². The molecule has 0 amide bonds. The maximum Gasteiger partial charge on any atom is 0.229 e. The fourth-order valence-electron chi connectivity index (χ4n) is 3.99. The number of morpholine rings is 1. The Kier molecular flexibility index (Phi) is 6.63. The lowest BCUT2D eigenvalue weighted by atomic mass is 10.2. The van der Waals surface area contributed by atoms with Gasteiger partial charge >= 0.3 is 0 Å². The van der Waals surface area contributed by atoms with E-state index >= 15 is 0 Å². The summed E-state index contributed by atoms with van der Waals surface area (Å²) in [6, 6.07) is 6.05. The lowest BCUT2D eigenvalue weighted by Crippen LogP contribution is -2.44. The standard InChI is InChI=1S/C23H30N10O/c1-24-22-26-14-17(15-27-22)19-13-21(33-9-11-34-12-10-33)30-23(29-19)28-18-3-4-20(25-16-18)32-7-5-31(2)6-8-32/h3-4,13-16H,5-12H2,1-2H3,(H,24,26,27)(H,28,29,30). The molecule has 11 heteroatoms. The van der Waals surface area contributed by atoms with Crippen molar-refractivity contribution in [3.8, 4) is 11.3 Å². The molecule has 3 aromatic heterocycles. The Morgan fingerprint density at radius 3 is 2.21 bits per heavy atom. The van der Waals surface area contributed by atoms with E-state index in [1.807, 2.05) is 24.4 Å². The Bertz CT molecular complexity index is 1080. The number of hydrogen-bond donors (Lipinski definition) is 2. The van der Waals surface area contributed by atoms with E-state index in [-0.39, 0.29) is 0 Å². The fourth-order valence-corrected chi connectivity index (χ4v) is 3.99. The Hall–Kier alpha value is -3.57. The molecule has 2 fully saturated rings. The minimum atomic E-state index is 0.505. The second-order valence-corrected chi connectivity index (χ2v) is 8.40. The van der Waals surface area contributed by atoms with Gasteiger partial charge in [0.05, 0.1) is 30.8 Å². The van der Waals surface area contributed by atoms with Crippen LogP contribution in [0, 0.1) is 0 Å². The average molecular weight is 463 g/mol. The van der Waals surface area contributed by atoms with Crippen LogP contribution in [-0.2, 0) is 4.74 Å². The smallest absolute Gasteiger partial charge is 0.229 e.